The van der Waals surface area contributed by atoms with Gasteiger partial charge in [0.2, 0.25) is 0 Å². The molecule has 1 aliphatic rings. The predicted octanol–water partition coefficient (Wildman–Crippen LogP) is 6.85. The van der Waals surface area contributed by atoms with Gasteiger partial charge in [-0.15, -0.1) is 0 Å². The van der Waals surface area contributed by atoms with E-state index in [1.165, 1.54) is 22.3 Å². The minimum Gasteiger partial charge on any atom is -0.0985 e. The Hall–Kier alpha value is -3.12. The molecule has 0 unspecified atom stereocenters. The zero-order chi connectivity index (χ0) is 18.5. The average molecular weight is 336 g/mol. The highest BCUT2D eigenvalue weighted by Gasteiger charge is 2.23. The summed E-state index contributed by atoms with van der Waals surface area (Å²) in [5, 5.41) is 0. The fourth-order valence-corrected chi connectivity index (χ4v) is 3.40. The highest BCUT2D eigenvalue weighted by molar-refractivity contribution is 5.91. The van der Waals surface area contributed by atoms with E-state index >= 15 is 0 Å². The van der Waals surface area contributed by atoms with Gasteiger partial charge in [-0.05, 0) is 57.9 Å². The summed E-state index contributed by atoms with van der Waals surface area (Å²) in [5.41, 5.74) is 9.30. The van der Waals surface area contributed by atoms with Crippen LogP contribution in [-0.2, 0) is 6.42 Å². The molecule has 3 rings (SSSR count). The first kappa shape index (κ1) is 17.7. The van der Waals surface area contributed by atoms with Crippen molar-refractivity contribution in [3.05, 3.63) is 138 Å². The first-order valence-electron chi connectivity index (χ1n) is 8.88. The summed E-state index contributed by atoms with van der Waals surface area (Å²) in [6, 6.07) is 19.1. The van der Waals surface area contributed by atoms with Crippen molar-refractivity contribution < 1.29 is 0 Å². The van der Waals surface area contributed by atoms with Crippen LogP contribution in [-0.4, -0.2) is 0 Å². The van der Waals surface area contributed by atoms with Crippen LogP contribution in [0.2, 0.25) is 0 Å². The Morgan fingerprint density at radius 3 is 2.35 bits per heavy atom. The van der Waals surface area contributed by atoms with Crippen molar-refractivity contribution in [1.82, 2.24) is 0 Å². The Morgan fingerprint density at radius 1 is 0.962 bits per heavy atom. The molecule has 128 valence electrons. The number of rotatable bonds is 5. The van der Waals surface area contributed by atoms with E-state index < -0.39 is 0 Å². The molecule has 0 radical (unpaired) electrons. The summed E-state index contributed by atoms with van der Waals surface area (Å²) < 4.78 is 0. The minimum absolute atomic E-state index is 0.854. The third-order valence-electron chi connectivity index (χ3n) is 4.72. The van der Waals surface area contributed by atoms with Gasteiger partial charge in [-0.2, -0.15) is 0 Å². The zero-order valence-corrected chi connectivity index (χ0v) is 15.3. The smallest absolute Gasteiger partial charge is 0.00191 e. The molecule has 0 atom stereocenters. The Morgan fingerprint density at radius 2 is 1.65 bits per heavy atom. The fourth-order valence-electron chi connectivity index (χ4n) is 3.40. The molecule has 26 heavy (non-hydrogen) atoms. The van der Waals surface area contributed by atoms with E-state index in [1.807, 2.05) is 25.1 Å². The monoisotopic (exact) mass is 336 g/mol. The molecular weight excluding hydrogens is 312 g/mol. The summed E-state index contributed by atoms with van der Waals surface area (Å²) in [4.78, 5) is 0. The molecule has 0 N–H and O–H groups in total. The van der Waals surface area contributed by atoms with Crippen LogP contribution < -0.4 is 0 Å². The van der Waals surface area contributed by atoms with Crippen molar-refractivity contribution in [2.45, 2.75) is 13.3 Å². The van der Waals surface area contributed by atoms with Gasteiger partial charge >= 0.3 is 0 Å². The van der Waals surface area contributed by atoms with E-state index in [0.29, 0.717) is 0 Å². The maximum atomic E-state index is 4.37. The summed E-state index contributed by atoms with van der Waals surface area (Å²) >= 11 is 0. The van der Waals surface area contributed by atoms with Crippen LogP contribution in [0.1, 0.15) is 23.6 Å². The standard InChI is InChI=1S/C26H24/c1-5-21(6-2)17-16-19(3)25-20(4)18-23-14-10-11-15-24(23)26(25)22-12-8-7-9-13-22/h5-17H,1,3-4,18H2,2H3/b17-16+,21-6+. The molecule has 1 aliphatic carbocycles. The number of allylic oxidation sites excluding steroid dienone is 8. The Kier molecular flexibility index (Phi) is 5.34. The van der Waals surface area contributed by atoms with Crippen LogP contribution >= 0.6 is 0 Å². The topological polar surface area (TPSA) is 0 Å². The fraction of sp³-hybridized carbons (Fsp3) is 0.0769. The van der Waals surface area contributed by atoms with Gasteiger partial charge in [0.25, 0.3) is 0 Å². The minimum atomic E-state index is 0.854. The Balaban J connectivity index is 2.20. The van der Waals surface area contributed by atoms with Gasteiger partial charge in [0.05, 0.1) is 0 Å². The quantitative estimate of drug-likeness (QED) is 0.524. The van der Waals surface area contributed by atoms with Crippen molar-refractivity contribution in [3.8, 4) is 0 Å². The molecule has 2 aromatic rings. The second kappa shape index (κ2) is 7.84. The van der Waals surface area contributed by atoms with Crippen molar-refractivity contribution in [2.75, 3.05) is 0 Å². The number of hydrogen-bond acceptors (Lipinski definition) is 0. The molecule has 0 aliphatic heterocycles. The first-order chi connectivity index (χ1) is 12.7. The second-order valence-electron chi connectivity index (χ2n) is 6.40. The van der Waals surface area contributed by atoms with Gasteiger partial charge in [-0.25, -0.2) is 0 Å². The number of benzene rings is 2. The maximum absolute atomic E-state index is 4.37. The second-order valence-corrected chi connectivity index (χ2v) is 6.40. The third-order valence-corrected chi connectivity index (χ3v) is 4.72. The summed E-state index contributed by atoms with van der Waals surface area (Å²) in [6.07, 6.45) is 8.86. The largest absolute Gasteiger partial charge is 0.0985 e. The van der Waals surface area contributed by atoms with Crippen molar-refractivity contribution in [3.63, 3.8) is 0 Å². The van der Waals surface area contributed by atoms with Gasteiger partial charge in [0.15, 0.2) is 0 Å². The molecule has 0 nitrogen and oxygen atoms in total. The maximum Gasteiger partial charge on any atom is -0.00191 e. The van der Waals surface area contributed by atoms with Crippen LogP contribution in [0, 0.1) is 0 Å². The van der Waals surface area contributed by atoms with Gasteiger partial charge < -0.3 is 0 Å². The lowest BCUT2D eigenvalue weighted by atomic mass is 9.77. The van der Waals surface area contributed by atoms with Crippen LogP contribution in [0.5, 0.6) is 0 Å². The number of hydrogen-bond donors (Lipinski definition) is 0. The van der Waals surface area contributed by atoms with Gasteiger partial charge in [-0.3, -0.25) is 0 Å². The highest BCUT2D eigenvalue weighted by atomic mass is 14.3. The molecule has 0 fully saturated rings. The van der Waals surface area contributed by atoms with Gasteiger partial charge in [0, 0.05) is 0 Å². The lowest BCUT2D eigenvalue weighted by molar-refractivity contribution is 1.13. The summed E-state index contributed by atoms with van der Waals surface area (Å²) in [5.74, 6) is 0. The number of fused-ring (bicyclic) bond motifs is 1. The molecular formula is C26H24. The van der Waals surface area contributed by atoms with Crippen molar-refractivity contribution >= 4 is 5.57 Å². The van der Waals surface area contributed by atoms with E-state index in [4.69, 9.17) is 0 Å². The molecule has 0 spiro atoms. The first-order valence-corrected chi connectivity index (χ1v) is 8.88. The lowest BCUT2D eigenvalue weighted by Crippen LogP contribution is -2.09. The van der Waals surface area contributed by atoms with Crippen LogP contribution in [0.15, 0.2) is 121 Å². The van der Waals surface area contributed by atoms with E-state index in [-0.39, 0.29) is 0 Å². The van der Waals surface area contributed by atoms with Gasteiger partial charge in [0.1, 0.15) is 0 Å². The highest BCUT2D eigenvalue weighted by Crippen LogP contribution is 2.41. The van der Waals surface area contributed by atoms with E-state index in [0.717, 1.165) is 28.7 Å². The SMILES string of the molecule is C=CC(/C=C/C(=C)C1=C(c2ccccc2)c2ccccc2CC1=C)=C\C. The average Bonchev–Trinajstić information content (AvgIpc) is 2.68. The zero-order valence-electron chi connectivity index (χ0n) is 15.3. The van der Waals surface area contributed by atoms with Crippen molar-refractivity contribution in [2.24, 2.45) is 0 Å². The van der Waals surface area contributed by atoms with Crippen molar-refractivity contribution in [1.29, 1.82) is 0 Å². The molecule has 0 saturated carbocycles. The third kappa shape index (κ3) is 3.45. The summed E-state index contributed by atoms with van der Waals surface area (Å²) in [6.45, 7) is 14.6. The van der Waals surface area contributed by atoms with Crippen LogP contribution in [0.25, 0.3) is 5.57 Å². The molecule has 0 amide bonds. The Bertz CT molecular complexity index is 947. The molecule has 0 heterocycles. The normalized spacial score (nSPS) is 14.5. The molecule has 0 aromatic heterocycles. The lowest BCUT2D eigenvalue weighted by Gasteiger charge is -2.26. The van der Waals surface area contributed by atoms with Gasteiger partial charge in [-0.1, -0.05) is 98.6 Å². The Labute approximate surface area is 156 Å². The van der Waals surface area contributed by atoms with Crippen LogP contribution in [0.4, 0.5) is 0 Å². The predicted molar refractivity (Wildman–Crippen MR) is 114 cm³/mol. The van der Waals surface area contributed by atoms with E-state index in [1.54, 1.807) is 0 Å². The molecule has 0 heteroatoms. The molecule has 2 aromatic carbocycles. The molecule has 0 saturated heterocycles. The summed E-state index contributed by atoms with van der Waals surface area (Å²) in [7, 11) is 0. The molecule has 0 bridgehead atoms. The van der Waals surface area contributed by atoms with E-state index in [2.05, 4.69) is 80.4 Å². The van der Waals surface area contributed by atoms with Crippen LogP contribution in [0.3, 0.4) is 0 Å². The van der Waals surface area contributed by atoms with E-state index in [9.17, 15) is 0 Å².